The Labute approximate surface area is 163 Å². The Morgan fingerprint density at radius 1 is 0.929 bits per heavy atom. The van der Waals surface area contributed by atoms with Gasteiger partial charge in [0.05, 0.1) is 11.3 Å². The van der Waals surface area contributed by atoms with E-state index in [1.165, 1.54) is 0 Å². The summed E-state index contributed by atoms with van der Waals surface area (Å²) in [6, 6.07) is 13.5. The minimum absolute atomic E-state index is 0.0108. The monoisotopic (exact) mass is 374 g/mol. The van der Waals surface area contributed by atoms with E-state index in [-0.39, 0.29) is 11.8 Å². The molecule has 2 aromatic heterocycles. The summed E-state index contributed by atoms with van der Waals surface area (Å²) in [6.45, 7) is 2.17. The number of aromatic amines is 1. The first-order valence-corrected chi connectivity index (χ1v) is 9.82. The van der Waals surface area contributed by atoms with Gasteiger partial charge in [-0.3, -0.25) is 14.6 Å². The van der Waals surface area contributed by atoms with Gasteiger partial charge in [-0.15, -0.1) is 0 Å². The van der Waals surface area contributed by atoms with E-state index in [1.807, 2.05) is 52.3 Å². The largest absolute Gasteiger partial charge is 0.351 e. The van der Waals surface area contributed by atoms with E-state index in [9.17, 15) is 9.59 Å². The van der Waals surface area contributed by atoms with E-state index >= 15 is 0 Å². The second-order valence-electron chi connectivity index (χ2n) is 7.57. The number of amides is 2. The van der Waals surface area contributed by atoms with Crippen molar-refractivity contribution in [3.05, 3.63) is 65.6 Å². The lowest BCUT2D eigenvalue weighted by molar-refractivity contribution is 0.0532. The normalized spacial score (nSPS) is 17.1. The number of pyridine rings is 1. The molecule has 2 aliphatic rings. The van der Waals surface area contributed by atoms with E-state index in [1.54, 1.807) is 6.20 Å². The number of piperazine rings is 1. The molecule has 1 aliphatic heterocycles. The molecule has 5 rings (SSSR count). The van der Waals surface area contributed by atoms with Gasteiger partial charge >= 0.3 is 0 Å². The lowest BCUT2D eigenvalue weighted by atomic mass is 10.1. The maximum atomic E-state index is 13.0. The van der Waals surface area contributed by atoms with Crippen molar-refractivity contribution < 1.29 is 9.59 Å². The van der Waals surface area contributed by atoms with Gasteiger partial charge in [0, 0.05) is 49.2 Å². The fraction of sp³-hybridized carbons (Fsp3) is 0.318. The van der Waals surface area contributed by atoms with Gasteiger partial charge in [-0.1, -0.05) is 18.2 Å². The number of hydrogen-bond donors (Lipinski definition) is 1. The van der Waals surface area contributed by atoms with E-state index in [0.717, 1.165) is 35.0 Å². The number of H-pyrrole nitrogens is 1. The SMILES string of the molecule is O=C(c1cc2ccccc2[nH]1)N1CCN(C(=O)c2cccnc2C2CC2)CC1. The third-order valence-corrected chi connectivity index (χ3v) is 5.65. The minimum atomic E-state index is -0.0108. The lowest BCUT2D eigenvalue weighted by Gasteiger charge is -2.34. The Kier molecular flexibility index (Phi) is 4.11. The van der Waals surface area contributed by atoms with Crippen LogP contribution >= 0.6 is 0 Å². The first kappa shape index (κ1) is 17.0. The second-order valence-corrected chi connectivity index (χ2v) is 7.57. The van der Waals surface area contributed by atoms with Crippen molar-refractivity contribution in [2.24, 2.45) is 0 Å². The van der Waals surface area contributed by atoms with Crippen molar-refractivity contribution in [2.75, 3.05) is 26.2 Å². The molecule has 6 heteroatoms. The smallest absolute Gasteiger partial charge is 0.270 e. The number of nitrogens with zero attached hydrogens (tertiary/aromatic N) is 3. The molecule has 0 atom stereocenters. The molecule has 28 heavy (non-hydrogen) atoms. The van der Waals surface area contributed by atoms with Crippen LogP contribution < -0.4 is 0 Å². The molecule has 2 fully saturated rings. The van der Waals surface area contributed by atoms with Crippen molar-refractivity contribution in [1.82, 2.24) is 19.8 Å². The molecular weight excluding hydrogens is 352 g/mol. The van der Waals surface area contributed by atoms with Crippen molar-refractivity contribution in [1.29, 1.82) is 0 Å². The van der Waals surface area contributed by atoms with Crippen LogP contribution in [-0.4, -0.2) is 57.8 Å². The Morgan fingerprint density at radius 3 is 2.36 bits per heavy atom. The number of hydrogen-bond acceptors (Lipinski definition) is 3. The van der Waals surface area contributed by atoms with E-state index in [2.05, 4.69) is 9.97 Å². The van der Waals surface area contributed by atoms with E-state index < -0.39 is 0 Å². The van der Waals surface area contributed by atoms with Gasteiger partial charge in [-0.25, -0.2) is 0 Å². The zero-order valence-corrected chi connectivity index (χ0v) is 15.6. The van der Waals surface area contributed by atoms with Crippen molar-refractivity contribution in [3.63, 3.8) is 0 Å². The van der Waals surface area contributed by atoms with Gasteiger partial charge in [-0.05, 0) is 37.1 Å². The molecule has 142 valence electrons. The minimum Gasteiger partial charge on any atom is -0.351 e. The zero-order valence-electron chi connectivity index (χ0n) is 15.6. The molecule has 3 aromatic rings. The fourth-order valence-electron chi connectivity index (χ4n) is 3.92. The molecule has 0 unspecified atom stereocenters. The molecule has 1 N–H and O–H groups in total. The predicted octanol–water partition coefficient (Wildman–Crippen LogP) is 3.04. The number of para-hydroxylation sites is 1. The lowest BCUT2D eigenvalue weighted by Crippen LogP contribution is -2.50. The van der Waals surface area contributed by atoms with Crippen LogP contribution in [0.4, 0.5) is 0 Å². The number of nitrogens with one attached hydrogen (secondary N) is 1. The average Bonchev–Trinajstić information content (AvgIpc) is 3.51. The maximum Gasteiger partial charge on any atom is 0.270 e. The molecule has 3 heterocycles. The van der Waals surface area contributed by atoms with Gasteiger partial charge in [0.2, 0.25) is 0 Å². The summed E-state index contributed by atoms with van der Waals surface area (Å²) in [5.41, 5.74) is 3.22. The Hall–Kier alpha value is -3.15. The van der Waals surface area contributed by atoms with Gasteiger partial charge in [0.25, 0.3) is 11.8 Å². The predicted molar refractivity (Wildman–Crippen MR) is 106 cm³/mol. The quantitative estimate of drug-likeness (QED) is 0.766. The maximum absolute atomic E-state index is 13.0. The van der Waals surface area contributed by atoms with Gasteiger partial charge in [0.15, 0.2) is 0 Å². The summed E-state index contributed by atoms with van der Waals surface area (Å²) < 4.78 is 0. The van der Waals surface area contributed by atoms with Crippen LogP contribution in [0.5, 0.6) is 0 Å². The fourth-order valence-corrected chi connectivity index (χ4v) is 3.92. The highest BCUT2D eigenvalue weighted by Crippen LogP contribution is 2.40. The summed E-state index contributed by atoms with van der Waals surface area (Å²) in [6.07, 6.45) is 4.00. The number of carbonyl (C=O) groups excluding carboxylic acids is 2. The Balaban J connectivity index is 1.27. The summed E-state index contributed by atoms with van der Waals surface area (Å²) in [4.78, 5) is 37.1. The molecule has 6 nitrogen and oxygen atoms in total. The molecule has 0 radical (unpaired) electrons. The molecule has 1 aromatic carbocycles. The van der Waals surface area contributed by atoms with Crippen LogP contribution in [0.25, 0.3) is 10.9 Å². The van der Waals surface area contributed by atoms with Crippen LogP contribution in [0.15, 0.2) is 48.7 Å². The Morgan fingerprint density at radius 2 is 1.64 bits per heavy atom. The van der Waals surface area contributed by atoms with Crippen molar-refractivity contribution >= 4 is 22.7 Å². The highest BCUT2D eigenvalue weighted by Gasteiger charge is 2.32. The standard InChI is InChI=1S/C22H22N4O2/c27-21(17-5-3-9-23-20(17)15-7-8-15)25-10-12-26(13-11-25)22(28)19-14-16-4-1-2-6-18(16)24-19/h1-6,9,14-15,24H,7-8,10-13H2. The molecule has 0 spiro atoms. The summed E-state index contributed by atoms with van der Waals surface area (Å²) in [7, 11) is 0. The number of benzene rings is 1. The van der Waals surface area contributed by atoms with Crippen LogP contribution in [0.1, 0.15) is 45.3 Å². The van der Waals surface area contributed by atoms with Crippen LogP contribution in [-0.2, 0) is 0 Å². The van der Waals surface area contributed by atoms with E-state index in [0.29, 0.717) is 37.8 Å². The zero-order chi connectivity index (χ0) is 19.1. The number of fused-ring (bicyclic) bond motifs is 1. The third kappa shape index (κ3) is 3.05. The summed E-state index contributed by atoms with van der Waals surface area (Å²) >= 11 is 0. The molecule has 2 amide bonds. The highest BCUT2D eigenvalue weighted by molar-refractivity contribution is 5.98. The molecule has 1 saturated carbocycles. The molecule has 0 bridgehead atoms. The molecule has 1 aliphatic carbocycles. The number of carbonyl (C=O) groups is 2. The summed E-state index contributed by atoms with van der Waals surface area (Å²) in [5, 5.41) is 1.03. The van der Waals surface area contributed by atoms with Crippen LogP contribution in [0.3, 0.4) is 0 Å². The first-order valence-electron chi connectivity index (χ1n) is 9.82. The molecular formula is C22H22N4O2. The molecule has 1 saturated heterocycles. The van der Waals surface area contributed by atoms with Gasteiger partial charge in [0.1, 0.15) is 5.69 Å². The van der Waals surface area contributed by atoms with E-state index in [4.69, 9.17) is 0 Å². The number of aromatic nitrogens is 2. The topological polar surface area (TPSA) is 69.3 Å². The van der Waals surface area contributed by atoms with Crippen molar-refractivity contribution in [3.8, 4) is 0 Å². The highest BCUT2D eigenvalue weighted by atomic mass is 16.2. The average molecular weight is 374 g/mol. The Bertz CT molecular complexity index is 1010. The van der Waals surface area contributed by atoms with Crippen LogP contribution in [0.2, 0.25) is 0 Å². The van der Waals surface area contributed by atoms with Gasteiger partial charge in [-0.2, -0.15) is 0 Å². The van der Waals surface area contributed by atoms with Gasteiger partial charge < -0.3 is 14.8 Å². The second kappa shape index (κ2) is 6.78. The van der Waals surface area contributed by atoms with Crippen molar-refractivity contribution in [2.45, 2.75) is 18.8 Å². The van der Waals surface area contributed by atoms with Crippen LogP contribution in [0, 0.1) is 0 Å². The number of rotatable bonds is 3. The summed E-state index contributed by atoms with van der Waals surface area (Å²) in [5.74, 6) is 0.459. The first-order chi connectivity index (χ1) is 13.7. The third-order valence-electron chi connectivity index (χ3n) is 5.65.